The van der Waals surface area contributed by atoms with Crippen LogP contribution in [0.4, 0.5) is 5.69 Å². The van der Waals surface area contributed by atoms with Gasteiger partial charge in [0.25, 0.3) is 0 Å². The molecule has 0 radical (unpaired) electrons. The maximum atomic E-state index is 12.1. The highest BCUT2D eigenvalue weighted by molar-refractivity contribution is 5.92. The summed E-state index contributed by atoms with van der Waals surface area (Å²) < 4.78 is 5.31. The summed E-state index contributed by atoms with van der Waals surface area (Å²) in [7, 11) is 0. The summed E-state index contributed by atoms with van der Waals surface area (Å²) >= 11 is 0. The minimum absolute atomic E-state index is 0.00459. The van der Waals surface area contributed by atoms with Gasteiger partial charge in [-0.3, -0.25) is 4.79 Å². The van der Waals surface area contributed by atoms with Crippen LogP contribution in [-0.2, 0) is 4.79 Å². The molecule has 2 aromatic carbocycles. The van der Waals surface area contributed by atoms with Crippen LogP contribution in [-0.4, -0.2) is 10.9 Å². The third-order valence-electron chi connectivity index (χ3n) is 4.10. The van der Waals surface area contributed by atoms with E-state index in [2.05, 4.69) is 17.2 Å². The quantitative estimate of drug-likeness (QED) is 0.757. The number of carbonyl (C=O) groups is 1. The van der Waals surface area contributed by atoms with Crippen LogP contribution >= 0.6 is 0 Å². The van der Waals surface area contributed by atoms with Gasteiger partial charge < -0.3 is 9.73 Å². The van der Waals surface area contributed by atoms with Crippen molar-refractivity contribution in [1.82, 2.24) is 4.98 Å². The molecule has 0 aliphatic rings. The van der Waals surface area contributed by atoms with Crippen LogP contribution < -0.4 is 10.9 Å². The minimum atomic E-state index is -0.411. The zero-order chi connectivity index (χ0) is 17.8. The van der Waals surface area contributed by atoms with Crippen LogP contribution in [0.5, 0.6) is 0 Å². The van der Waals surface area contributed by atoms with Gasteiger partial charge in [-0.1, -0.05) is 32.4 Å². The first-order valence-electron chi connectivity index (χ1n) is 8.39. The molecule has 3 rings (SSSR count). The van der Waals surface area contributed by atoms with E-state index in [9.17, 15) is 9.59 Å². The monoisotopic (exact) mass is 336 g/mol. The van der Waals surface area contributed by atoms with E-state index in [1.807, 2.05) is 13.0 Å². The Bertz CT molecular complexity index is 945. The van der Waals surface area contributed by atoms with E-state index in [1.165, 1.54) is 0 Å². The predicted octanol–water partition coefficient (Wildman–Crippen LogP) is 4.23. The first-order chi connectivity index (χ1) is 12.1. The second-order valence-electron chi connectivity index (χ2n) is 6.08. The summed E-state index contributed by atoms with van der Waals surface area (Å²) in [6.07, 6.45) is 1.83. The Morgan fingerprint density at radius 2 is 1.88 bits per heavy atom. The molecule has 1 atom stereocenters. The summed E-state index contributed by atoms with van der Waals surface area (Å²) in [4.78, 5) is 28.5. The highest BCUT2D eigenvalue weighted by Gasteiger charge is 2.12. The predicted molar refractivity (Wildman–Crippen MR) is 98.4 cm³/mol. The lowest BCUT2D eigenvalue weighted by atomic mass is 10.1. The molecular weight excluding hydrogens is 316 g/mol. The number of aromatic nitrogens is 1. The molecule has 3 aromatic rings. The van der Waals surface area contributed by atoms with Gasteiger partial charge in [0.2, 0.25) is 11.8 Å². The van der Waals surface area contributed by atoms with Crippen molar-refractivity contribution in [2.75, 3.05) is 5.32 Å². The second kappa shape index (κ2) is 7.30. The molecule has 1 unspecified atom stereocenters. The van der Waals surface area contributed by atoms with Crippen LogP contribution in [0.2, 0.25) is 0 Å². The molecule has 5 heteroatoms. The highest BCUT2D eigenvalue weighted by atomic mass is 16.4. The third-order valence-corrected chi connectivity index (χ3v) is 4.10. The van der Waals surface area contributed by atoms with Crippen molar-refractivity contribution in [2.45, 2.75) is 26.7 Å². The molecule has 0 saturated carbocycles. The zero-order valence-electron chi connectivity index (χ0n) is 14.3. The molecule has 25 heavy (non-hydrogen) atoms. The molecule has 0 aliphatic heterocycles. The Hall–Kier alpha value is -2.95. The van der Waals surface area contributed by atoms with Gasteiger partial charge in [0.1, 0.15) is 0 Å². The van der Waals surface area contributed by atoms with Crippen molar-refractivity contribution in [3.63, 3.8) is 0 Å². The van der Waals surface area contributed by atoms with Crippen molar-refractivity contribution < 1.29 is 9.21 Å². The fourth-order valence-electron chi connectivity index (χ4n) is 2.67. The highest BCUT2D eigenvalue weighted by Crippen LogP contribution is 2.21. The molecule has 0 spiro atoms. The van der Waals surface area contributed by atoms with Gasteiger partial charge in [-0.05, 0) is 42.8 Å². The van der Waals surface area contributed by atoms with Crippen LogP contribution in [0.3, 0.4) is 0 Å². The fraction of sp³-hybridized carbons (Fsp3) is 0.250. The molecule has 1 aromatic heterocycles. The number of amides is 1. The van der Waals surface area contributed by atoms with Gasteiger partial charge in [0, 0.05) is 17.2 Å². The number of hydrogen-bond acceptors (Lipinski definition) is 4. The average molecular weight is 336 g/mol. The molecule has 1 heterocycles. The van der Waals surface area contributed by atoms with E-state index < -0.39 is 5.63 Å². The molecule has 5 nitrogen and oxygen atoms in total. The number of hydrogen-bond donors (Lipinski definition) is 1. The van der Waals surface area contributed by atoms with Crippen molar-refractivity contribution in [3.8, 4) is 11.5 Å². The van der Waals surface area contributed by atoms with Crippen LogP contribution in [0.15, 0.2) is 57.7 Å². The van der Waals surface area contributed by atoms with Crippen molar-refractivity contribution in [3.05, 3.63) is 59.0 Å². The Morgan fingerprint density at radius 3 is 2.60 bits per heavy atom. The summed E-state index contributed by atoms with van der Waals surface area (Å²) in [6.45, 7) is 3.98. The fourth-order valence-corrected chi connectivity index (χ4v) is 2.67. The Labute approximate surface area is 145 Å². The zero-order valence-corrected chi connectivity index (χ0v) is 14.3. The number of benzene rings is 2. The maximum Gasteiger partial charge on any atom is 0.347 e. The Kier molecular flexibility index (Phi) is 4.93. The lowest BCUT2D eigenvalue weighted by molar-refractivity contribution is -0.119. The number of nitrogens with one attached hydrogen (secondary N) is 1. The molecule has 1 N–H and O–H groups in total. The van der Waals surface area contributed by atoms with E-state index in [4.69, 9.17) is 4.42 Å². The maximum absolute atomic E-state index is 12.1. The molecular formula is C20H20N2O3. The summed E-state index contributed by atoms with van der Waals surface area (Å²) in [6, 6.07) is 14.2. The van der Waals surface area contributed by atoms with Crippen molar-refractivity contribution in [2.24, 2.45) is 5.92 Å². The number of nitrogens with zero attached hydrogens (tertiary/aromatic N) is 1. The van der Waals surface area contributed by atoms with Gasteiger partial charge >= 0.3 is 5.63 Å². The van der Waals surface area contributed by atoms with Gasteiger partial charge in [-0.2, -0.15) is 0 Å². The first-order valence-corrected chi connectivity index (χ1v) is 8.39. The minimum Gasteiger partial charge on any atom is -0.403 e. The number of rotatable bonds is 5. The summed E-state index contributed by atoms with van der Waals surface area (Å²) in [5.74, 6) is 0.246. The van der Waals surface area contributed by atoms with Gasteiger partial charge in [0.05, 0.1) is 10.9 Å². The standard InChI is InChI=1S/C20H20N2O3/c1-3-6-13(2)18(23)21-15-11-9-14(10-12-15)19-22-17-8-5-4-7-16(17)20(24)25-19/h4-5,7-13H,3,6H2,1-2H3,(H,21,23). The number of anilines is 1. The molecule has 0 bridgehead atoms. The van der Waals surface area contributed by atoms with Crippen LogP contribution in [0.1, 0.15) is 26.7 Å². The number of para-hydroxylation sites is 1. The summed E-state index contributed by atoms with van der Waals surface area (Å²) in [5, 5.41) is 3.35. The Balaban J connectivity index is 1.83. The van der Waals surface area contributed by atoms with Crippen LogP contribution in [0.25, 0.3) is 22.4 Å². The van der Waals surface area contributed by atoms with Crippen molar-refractivity contribution >= 4 is 22.5 Å². The molecule has 1 amide bonds. The van der Waals surface area contributed by atoms with Gasteiger partial charge in [-0.15, -0.1) is 0 Å². The third kappa shape index (κ3) is 3.76. The van der Waals surface area contributed by atoms with E-state index in [1.54, 1.807) is 42.5 Å². The summed E-state index contributed by atoms with van der Waals surface area (Å²) in [5.41, 5.74) is 1.58. The van der Waals surface area contributed by atoms with Crippen molar-refractivity contribution in [1.29, 1.82) is 0 Å². The average Bonchev–Trinajstić information content (AvgIpc) is 2.62. The number of fused-ring (bicyclic) bond motifs is 1. The number of carbonyl (C=O) groups excluding carboxylic acids is 1. The Morgan fingerprint density at radius 1 is 1.16 bits per heavy atom. The van der Waals surface area contributed by atoms with E-state index in [-0.39, 0.29) is 17.7 Å². The van der Waals surface area contributed by atoms with E-state index in [0.29, 0.717) is 22.2 Å². The van der Waals surface area contributed by atoms with E-state index >= 15 is 0 Å². The normalized spacial score (nSPS) is 12.1. The smallest absolute Gasteiger partial charge is 0.347 e. The lowest BCUT2D eigenvalue weighted by Crippen LogP contribution is -2.20. The first kappa shape index (κ1) is 16.9. The molecule has 128 valence electrons. The SMILES string of the molecule is CCCC(C)C(=O)Nc1ccc(-c2nc3ccccc3c(=O)o2)cc1. The van der Waals surface area contributed by atoms with Gasteiger partial charge in [0.15, 0.2) is 0 Å². The molecule has 0 fully saturated rings. The topological polar surface area (TPSA) is 72.2 Å². The molecule has 0 aliphatic carbocycles. The largest absolute Gasteiger partial charge is 0.403 e. The molecule has 0 saturated heterocycles. The van der Waals surface area contributed by atoms with Gasteiger partial charge in [-0.25, -0.2) is 9.78 Å². The van der Waals surface area contributed by atoms with E-state index in [0.717, 1.165) is 12.8 Å². The van der Waals surface area contributed by atoms with Crippen LogP contribution in [0, 0.1) is 5.92 Å². The second-order valence-corrected chi connectivity index (χ2v) is 6.08. The lowest BCUT2D eigenvalue weighted by Gasteiger charge is -2.11.